The molecule has 0 radical (unpaired) electrons. The van der Waals surface area contributed by atoms with Crippen molar-refractivity contribution in [3.63, 3.8) is 0 Å². The number of aryl methyl sites for hydroxylation is 2. The van der Waals surface area contributed by atoms with Gasteiger partial charge < -0.3 is 10.2 Å². The maximum atomic E-state index is 4.40. The molecule has 0 spiro atoms. The quantitative estimate of drug-likeness (QED) is 0.881. The SMILES string of the molecule is CCN(CC)CCNc1ncnc2sc(C)c(C)c12. The lowest BCUT2D eigenvalue weighted by molar-refractivity contribution is 0.316. The molecule has 2 rings (SSSR count). The summed E-state index contributed by atoms with van der Waals surface area (Å²) in [5.74, 6) is 0.971. The number of rotatable bonds is 6. The fourth-order valence-corrected chi connectivity index (χ4v) is 3.19. The molecule has 0 amide bonds. The minimum Gasteiger partial charge on any atom is -0.368 e. The Morgan fingerprint density at radius 2 is 1.95 bits per heavy atom. The van der Waals surface area contributed by atoms with Crippen LogP contribution in [0.25, 0.3) is 10.2 Å². The van der Waals surface area contributed by atoms with E-state index >= 15 is 0 Å². The van der Waals surface area contributed by atoms with E-state index in [4.69, 9.17) is 0 Å². The van der Waals surface area contributed by atoms with E-state index in [2.05, 4.69) is 47.9 Å². The summed E-state index contributed by atoms with van der Waals surface area (Å²) in [6.07, 6.45) is 1.65. The van der Waals surface area contributed by atoms with Crippen molar-refractivity contribution in [3.05, 3.63) is 16.8 Å². The molecule has 1 N–H and O–H groups in total. The lowest BCUT2D eigenvalue weighted by Gasteiger charge is -2.18. The van der Waals surface area contributed by atoms with E-state index in [0.29, 0.717) is 0 Å². The summed E-state index contributed by atoms with van der Waals surface area (Å²) >= 11 is 1.74. The molecule has 5 heteroatoms. The Hall–Kier alpha value is -1.20. The zero-order chi connectivity index (χ0) is 13.8. The molecule has 2 aromatic heterocycles. The highest BCUT2D eigenvalue weighted by Crippen LogP contribution is 2.32. The van der Waals surface area contributed by atoms with Crippen molar-refractivity contribution in [1.29, 1.82) is 0 Å². The van der Waals surface area contributed by atoms with Gasteiger partial charge in [-0.3, -0.25) is 0 Å². The van der Waals surface area contributed by atoms with Gasteiger partial charge in [0.25, 0.3) is 0 Å². The summed E-state index contributed by atoms with van der Waals surface area (Å²) in [4.78, 5) is 13.6. The van der Waals surface area contributed by atoms with Crippen molar-refractivity contribution in [2.75, 3.05) is 31.5 Å². The summed E-state index contributed by atoms with van der Waals surface area (Å²) in [6, 6.07) is 0. The molecule has 0 aliphatic carbocycles. The molecule has 2 heterocycles. The average molecular weight is 278 g/mol. The van der Waals surface area contributed by atoms with Crippen molar-refractivity contribution in [3.8, 4) is 0 Å². The minimum atomic E-state index is 0.919. The molecule has 0 unspecified atom stereocenters. The number of thiophene rings is 1. The van der Waals surface area contributed by atoms with Crippen molar-refractivity contribution >= 4 is 27.4 Å². The van der Waals surface area contributed by atoms with E-state index < -0.39 is 0 Å². The number of likely N-dealkylation sites (N-methyl/N-ethyl adjacent to an activating group) is 1. The van der Waals surface area contributed by atoms with Crippen molar-refractivity contribution in [1.82, 2.24) is 14.9 Å². The lowest BCUT2D eigenvalue weighted by Crippen LogP contribution is -2.28. The molecule has 0 saturated carbocycles. The van der Waals surface area contributed by atoms with Gasteiger partial charge in [0.2, 0.25) is 0 Å². The highest BCUT2D eigenvalue weighted by molar-refractivity contribution is 7.18. The first-order valence-corrected chi connectivity index (χ1v) is 7.65. The van der Waals surface area contributed by atoms with Gasteiger partial charge in [-0.15, -0.1) is 11.3 Å². The topological polar surface area (TPSA) is 41.0 Å². The molecule has 2 aromatic rings. The Morgan fingerprint density at radius 1 is 1.21 bits per heavy atom. The Bertz CT molecular complexity index is 546. The fraction of sp³-hybridized carbons (Fsp3) is 0.571. The third-order valence-electron chi connectivity index (χ3n) is 3.58. The molecule has 0 aromatic carbocycles. The molecule has 0 bridgehead atoms. The molecule has 104 valence electrons. The Morgan fingerprint density at radius 3 is 2.63 bits per heavy atom. The van der Waals surface area contributed by atoms with Gasteiger partial charge in [-0.2, -0.15) is 0 Å². The van der Waals surface area contributed by atoms with Crippen LogP contribution >= 0.6 is 11.3 Å². The van der Waals surface area contributed by atoms with Crippen LogP contribution in [0.5, 0.6) is 0 Å². The maximum Gasteiger partial charge on any atom is 0.138 e. The molecular formula is C14H22N4S. The maximum absolute atomic E-state index is 4.40. The van der Waals surface area contributed by atoms with Crippen LogP contribution in [0.2, 0.25) is 0 Å². The van der Waals surface area contributed by atoms with E-state index in [-0.39, 0.29) is 0 Å². The van der Waals surface area contributed by atoms with E-state index in [1.165, 1.54) is 15.8 Å². The number of anilines is 1. The van der Waals surface area contributed by atoms with Crippen LogP contribution in [0, 0.1) is 13.8 Å². The predicted octanol–water partition coefficient (Wildman–Crippen LogP) is 3.06. The second-order valence-electron chi connectivity index (χ2n) is 4.64. The van der Waals surface area contributed by atoms with Crippen molar-refractivity contribution < 1.29 is 0 Å². The minimum absolute atomic E-state index is 0.919. The highest BCUT2D eigenvalue weighted by Gasteiger charge is 2.11. The number of nitrogens with zero attached hydrogens (tertiary/aromatic N) is 3. The van der Waals surface area contributed by atoms with Crippen molar-refractivity contribution in [2.24, 2.45) is 0 Å². The van der Waals surface area contributed by atoms with E-state index in [9.17, 15) is 0 Å². The van der Waals surface area contributed by atoms with Gasteiger partial charge in [0.05, 0.1) is 5.39 Å². The van der Waals surface area contributed by atoms with Gasteiger partial charge in [-0.25, -0.2) is 9.97 Å². The van der Waals surface area contributed by atoms with Crippen molar-refractivity contribution in [2.45, 2.75) is 27.7 Å². The van der Waals surface area contributed by atoms with Crippen LogP contribution in [-0.2, 0) is 0 Å². The monoisotopic (exact) mass is 278 g/mol. The predicted molar refractivity (Wildman–Crippen MR) is 83.2 cm³/mol. The van der Waals surface area contributed by atoms with E-state index in [0.717, 1.165) is 36.8 Å². The van der Waals surface area contributed by atoms with Crippen LogP contribution in [0.15, 0.2) is 6.33 Å². The summed E-state index contributed by atoms with van der Waals surface area (Å²) < 4.78 is 0. The number of aromatic nitrogens is 2. The molecule has 0 saturated heterocycles. The van der Waals surface area contributed by atoms with E-state index in [1.54, 1.807) is 17.7 Å². The molecule has 4 nitrogen and oxygen atoms in total. The molecule has 19 heavy (non-hydrogen) atoms. The largest absolute Gasteiger partial charge is 0.368 e. The summed E-state index contributed by atoms with van der Waals surface area (Å²) in [6.45, 7) is 12.8. The van der Waals surface area contributed by atoms with Gasteiger partial charge in [0, 0.05) is 18.0 Å². The van der Waals surface area contributed by atoms with Gasteiger partial charge in [-0.05, 0) is 32.5 Å². The van der Waals surface area contributed by atoms with Gasteiger partial charge in [0.1, 0.15) is 17.0 Å². The summed E-state index contributed by atoms with van der Waals surface area (Å²) in [5.41, 5.74) is 1.30. The Balaban J connectivity index is 2.12. The standard InChI is InChI=1S/C14H22N4S/c1-5-18(6-2)8-7-15-13-12-10(3)11(4)19-14(12)17-9-16-13/h9H,5-8H2,1-4H3,(H,15,16,17). The normalized spacial score (nSPS) is 11.4. The number of hydrogen-bond acceptors (Lipinski definition) is 5. The number of fused-ring (bicyclic) bond motifs is 1. The van der Waals surface area contributed by atoms with E-state index in [1.807, 2.05) is 0 Å². The number of hydrogen-bond donors (Lipinski definition) is 1. The zero-order valence-electron chi connectivity index (χ0n) is 12.2. The second-order valence-corrected chi connectivity index (χ2v) is 5.84. The highest BCUT2D eigenvalue weighted by atomic mass is 32.1. The first-order chi connectivity index (χ1) is 9.17. The third kappa shape index (κ3) is 3.04. The molecule has 0 aliphatic rings. The zero-order valence-corrected chi connectivity index (χ0v) is 13.0. The first kappa shape index (κ1) is 14.2. The van der Waals surface area contributed by atoms with Gasteiger partial charge in [-0.1, -0.05) is 13.8 Å². The van der Waals surface area contributed by atoms with Crippen LogP contribution in [-0.4, -0.2) is 41.0 Å². The van der Waals surface area contributed by atoms with Crippen LogP contribution in [0.1, 0.15) is 24.3 Å². The Kier molecular flexibility index (Phi) is 4.71. The molecular weight excluding hydrogens is 256 g/mol. The molecule has 0 fully saturated rings. The number of nitrogens with one attached hydrogen (secondary N) is 1. The molecule has 0 aliphatic heterocycles. The summed E-state index contributed by atoms with van der Waals surface area (Å²) in [7, 11) is 0. The first-order valence-electron chi connectivity index (χ1n) is 6.84. The van der Waals surface area contributed by atoms with Crippen LogP contribution < -0.4 is 5.32 Å². The smallest absolute Gasteiger partial charge is 0.138 e. The Labute approximate surface area is 118 Å². The van der Waals surface area contributed by atoms with Crippen LogP contribution in [0.4, 0.5) is 5.82 Å². The average Bonchev–Trinajstić information content (AvgIpc) is 2.71. The lowest BCUT2D eigenvalue weighted by atomic mass is 10.2. The summed E-state index contributed by atoms with van der Waals surface area (Å²) in [5, 5.41) is 4.64. The van der Waals surface area contributed by atoms with Gasteiger partial charge in [0.15, 0.2) is 0 Å². The fourth-order valence-electron chi connectivity index (χ4n) is 2.19. The third-order valence-corrected chi connectivity index (χ3v) is 4.70. The molecule has 0 atom stereocenters. The van der Waals surface area contributed by atoms with Crippen LogP contribution in [0.3, 0.4) is 0 Å². The van der Waals surface area contributed by atoms with Gasteiger partial charge >= 0.3 is 0 Å². The second kappa shape index (κ2) is 6.30.